The van der Waals surface area contributed by atoms with Crippen LogP contribution in [0, 0.1) is 0 Å². The number of nitrogens with zero attached hydrogens (tertiary/aromatic N) is 2. The molecule has 0 aliphatic heterocycles. The highest BCUT2D eigenvalue weighted by Crippen LogP contribution is 2.26. The van der Waals surface area contributed by atoms with E-state index in [4.69, 9.17) is 11.6 Å². The highest BCUT2D eigenvalue weighted by Gasteiger charge is 2.13. The Morgan fingerprint density at radius 1 is 1.47 bits per heavy atom. The summed E-state index contributed by atoms with van der Waals surface area (Å²) in [6.45, 7) is 4.04. The molecule has 0 saturated carbocycles. The molecule has 0 aliphatic rings. The predicted octanol–water partition coefficient (Wildman–Crippen LogP) is 4.13. The summed E-state index contributed by atoms with van der Waals surface area (Å²) in [5.74, 6) is -0.255. The normalized spacial score (nSPS) is 10.8. The Kier molecular flexibility index (Phi) is 4.27. The SMILES string of the molecule is CC(C)n1cc(NC(=O)c2cccc(Br)c2Cl)cn1. The smallest absolute Gasteiger partial charge is 0.257 e. The molecule has 0 bridgehead atoms. The lowest BCUT2D eigenvalue weighted by molar-refractivity contribution is 0.102. The van der Waals surface area contributed by atoms with E-state index in [9.17, 15) is 4.79 Å². The molecule has 100 valence electrons. The number of nitrogens with one attached hydrogen (secondary N) is 1. The summed E-state index contributed by atoms with van der Waals surface area (Å²) in [6, 6.07) is 5.48. The van der Waals surface area contributed by atoms with Crippen LogP contribution < -0.4 is 5.32 Å². The van der Waals surface area contributed by atoms with E-state index in [1.807, 2.05) is 13.8 Å². The molecule has 0 radical (unpaired) electrons. The summed E-state index contributed by atoms with van der Waals surface area (Å²) in [5, 5.41) is 7.34. The first kappa shape index (κ1) is 14.1. The van der Waals surface area contributed by atoms with E-state index >= 15 is 0 Å². The largest absolute Gasteiger partial charge is 0.319 e. The van der Waals surface area contributed by atoms with E-state index in [0.29, 0.717) is 20.7 Å². The van der Waals surface area contributed by atoms with Crippen molar-refractivity contribution in [2.45, 2.75) is 19.9 Å². The lowest BCUT2D eigenvalue weighted by Gasteiger charge is -2.06. The third-order valence-corrected chi connectivity index (χ3v) is 3.88. The van der Waals surface area contributed by atoms with Gasteiger partial charge >= 0.3 is 0 Å². The topological polar surface area (TPSA) is 46.9 Å². The number of benzene rings is 1. The zero-order valence-corrected chi connectivity index (χ0v) is 12.9. The van der Waals surface area contributed by atoms with Crippen molar-refractivity contribution in [2.75, 3.05) is 5.32 Å². The van der Waals surface area contributed by atoms with E-state index in [-0.39, 0.29) is 11.9 Å². The van der Waals surface area contributed by atoms with Gasteiger partial charge in [0.25, 0.3) is 5.91 Å². The third-order valence-electron chi connectivity index (χ3n) is 2.58. The number of aromatic nitrogens is 2. The minimum atomic E-state index is -0.255. The number of carbonyl (C=O) groups is 1. The molecule has 2 rings (SSSR count). The molecule has 0 aliphatic carbocycles. The predicted molar refractivity (Wildman–Crippen MR) is 79.7 cm³/mol. The molecule has 0 unspecified atom stereocenters. The highest BCUT2D eigenvalue weighted by atomic mass is 79.9. The second-order valence-corrected chi connectivity index (χ2v) is 5.59. The van der Waals surface area contributed by atoms with Crippen molar-refractivity contribution in [2.24, 2.45) is 0 Å². The zero-order valence-electron chi connectivity index (χ0n) is 10.5. The Balaban J connectivity index is 2.18. The molecule has 6 heteroatoms. The van der Waals surface area contributed by atoms with Gasteiger partial charge < -0.3 is 5.32 Å². The monoisotopic (exact) mass is 341 g/mol. The summed E-state index contributed by atoms with van der Waals surface area (Å²) in [5.41, 5.74) is 1.07. The van der Waals surface area contributed by atoms with Crippen LogP contribution in [0.3, 0.4) is 0 Å². The number of amides is 1. The molecule has 0 atom stereocenters. The van der Waals surface area contributed by atoms with Gasteiger partial charge in [0.1, 0.15) is 0 Å². The Bertz CT molecular complexity index is 610. The van der Waals surface area contributed by atoms with Gasteiger partial charge in [-0.3, -0.25) is 9.48 Å². The Labute approximate surface area is 124 Å². The van der Waals surface area contributed by atoms with Crippen molar-refractivity contribution < 1.29 is 4.79 Å². The zero-order chi connectivity index (χ0) is 14.0. The van der Waals surface area contributed by atoms with Crippen molar-refractivity contribution in [3.63, 3.8) is 0 Å². The number of hydrogen-bond donors (Lipinski definition) is 1. The first-order valence-corrected chi connectivity index (χ1v) is 6.95. The van der Waals surface area contributed by atoms with Gasteiger partial charge in [-0.25, -0.2) is 0 Å². The van der Waals surface area contributed by atoms with Crippen LogP contribution in [-0.4, -0.2) is 15.7 Å². The van der Waals surface area contributed by atoms with Gasteiger partial charge in [0.05, 0.1) is 22.5 Å². The number of carbonyl (C=O) groups excluding carboxylic acids is 1. The summed E-state index contributed by atoms with van der Waals surface area (Å²) in [7, 11) is 0. The first-order chi connectivity index (χ1) is 8.99. The molecule has 0 spiro atoms. The molecule has 2 aromatic rings. The van der Waals surface area contributed by atoms with Crippen LogP contribution in [0.4, 0.5) is 5.69 Å². The van der Waals surface area contributed by atoms with Crippen molar-refractivity contribution in [1.82, 2.24) is 9.78 Å². The maximum Gasteiger partial charge on any atom is 0.257 e. The van der Waals surface area contributed by atoms with Gasteiger partial charge in [-0.1, -0.05) is 17.7 Å². The number of hydrogen-bond acceptors (Lipinski definition) is 2. The van der Waals surface area contributed by atoms with E-state index in [1.165, 1.54) is 0 Å². The summed E-state index contributed by atoms with van der Waals surface area (Å²) >= 11 is 9.38. The Hall–Kier alpha value is -1.33. The van der Waals surface area contributed by atoms with Crippen LogP contribution in [0.2, 0.25) is 5.02 Å². The van der Waals surface area contributed by atoms with Crippen LogP contribution >= 0.6 is 27.5 Å². The fourth-order valence-corrected chi connectivity index (χ4v) is 2.14. The quantitative estimate of drug-likeness (QED) is 0.911. The first-order valence-electron chi connectivity index (χ1n) is 5.78. The molecule has 1 aromatic carbocycles. The third kappa shape index (κ3) is 3.16. The van der Waals surface area contributed by atoms with Gasteiger partial charge in [-0.05, 0) is 41.9 Å². The van der Waals surface area contributed by atoms with Crippen molar-refractivity contribution in [1.29, 1.82) is 0 Å². The van der Waals surface area contributed by atoms with E-state index < -0.39 is 0 Å². The van der Waals surface area contributed by atoms with Crippen molar-refractivity contribution >= 4 is 39.1 Å². The van der Waals surface area contributed by atoms with Crippen LogP contribution in [0.1, 0.15) is 30.2 Å². The number of anilines is 1. The second kappa shape index (κ2) is 5.75. The van der Waals surface area contributed by atoms with Gasteiger partial charge in [0.15, 0.2) is 0 Å². The molecule has 1 aromatic heterocycles. The van der Waals surface area contributed by atoms with Crippen LogP contribution in [0.15, 0.2) is 35.1 Å². The van der Waals surface area contributed by atoms with E-state index in [1.54, 1.807) is 35.3 Å². The molecule has 19 heavy (non-hydrogen) atoms. The molecule has 0 fully saturated rings. The second-order valence-electron chi connectivity index (χ2n) is 4.36. The molecule has 1 N–H and O–H groups in total. The van der Waals surface area contributed by atoms with Gasteiger partial charge in [-0.2, -0.15) is 5.10 Å². The highest BCUT2D eigenvalue weighted by molar-refractivity contribution is 9.10. The molecule has 1 amide bonds. The fourth-order valence-electron chi connectivity index (χ4n) is 1.56. The van der Waals surface area contributed by atoms with E-state index in [2.05, 4.69) is 26.3 Å². The summed E-state index contributed by atoms with van der Waals surface area (Å²) < 4.78 is 2.47. The molecular formula is C13H13BrClN3O. The molecule has 1 heterocycles. The lowest BCUT2D eigenvalue weighted by Crippen LogP contribution is -2.12. The molecule has 4 nitrogen and oxygen atoms in total. The van der Waals surface area contributed by atoms with Gasteiger partial charge in [0.2, 0.25) is 0 Å². The van der Waals surface area contributed by atoms with E-state index in [0.717, 1.165) is 0 Å². The average Bonchev–Trinajstić information content (AvgIpc) is 2.81. The Morgan fingerprint density at radius 2 is 2.21 bits per heavy atom. The molecule has 0 saturated heterocycles. The Morgan fingerprint density at radius 3 is 2.84 bits per heavy atom. The van der Waals surface area contributed by atoms with Crippen molar-refractivity contribution in [3.05, 3.63) is 45.7 Å². The fraction of sp³-hybridized carbons (Fsp3) is 0.231. The minimum Gasteiger partial charge on any atom is -0.319 e. The average molecular weight is 343 g/mol. The molecular weight excluding hydrogens is 330 g/mol. The maximum atomic E-state index is 12.1. The minimum absolute atomic E-state index is 0.250. The van der Waals surface area contributed by atoms with Gasteiger partial charge in [0, 0.05) is 16.7 Å². The summed E-state index contributed by atoms with van der Waals surface area (Å²) in [6.07, 6.45) is 3.40. The standard InChI is InChI=1S/C13H13BrClN3O/c1-8(2)18-7-9(6-16-18)17-13(19)10-4-3-5-11(14)12(10)15/h3-8H,1-2H3,(H,17,19). The summed E-state index contributed by atoms with van der Waals surface area (Å²) in [4.78, 5) is 12.1. The number of rotatable bonds is 3. The maximum absolute atomic E-state index is 12.1. The van der Waals surface area contributed by atoms with Gasteiger partial charge in [-0.15, -0.1) is 0 Å². The van der Waals surface area contributed by atoms with Crippen LogP contribution in [0.25, 0.3) is 0 Å². The van der Waals surface area contributed by atoms with Crippen LogP contribution in [0.5, 0.6) is 0 Å². The number of halogens is 2. The van der Waals surface area contributed by atoms with Crippen molar-refractivity contribution in [3.8, 4) is 0 Å². The van der Waals surface area contributed by atoms with Crippen LogP contribution in [-0.2, 0) is 0 Å². The lowest BCUT2D eigenvalue weighted by atomic mass is 10.2.